The molecule has 1 aliphatic carbocycles. The minimum absolute atomic E-state index is 0.0305. The van der Waals surface area contributed by atoms with E-state index in [1.807, 2.05) is 18.2 Å². The van der Waals surface area contributed by atoms with Crippen LogP contribution in [-0.2, 0) is 11.8 Å². The maximum Gasteiger partial charge on any atom is 0.165 e. The van der Waals surface area contributed by atoms with Gasteiger partial charge in [-0.05, 0) is 66.8 Å². The monoisotopic (exact) mass is 374 g/mol. The summed E-state index contributed by atoms with van der Waals surface area (Å²) in [5.74, 6) is 0.000446. The van der Waals surface area contributed by atoms with E-state index in [-0.39, 0.29) is 17.3 Å². The first-order chi connectivity index (χ1) is 12.6. The van der Waals surface area contributed by atoms with Crippen LogP contribution in [0, 0.1) is 5.82 Å². The minimum Gasteiger partial charge on any atom is -0.489 e. The zero-order valence-electron chi connectivity index (χ0n) is 14.7. The van der Waals surface area contributed by atoms with Gasteiger partial charge in [0.15, 0.2) is 11.6 Å². The van der Waals surface area contributed by atoms with Crippen molar-refractivity contribution in [3.63, 3.8) is 0 Å². The molecule has 0 spiro atoms. The lowest BCUT2D eigenvalue weighted by atomic mass is 9.58. The van der Waals surface area contributed by atoms with Crippen LogP contribution in [0.1, 0.15) is 42.0 Å². The van der Waals surface area contributed by atoms with Gasteiger partial charge < -0.3 is 15.8 Å². The fourth-order valence-corrected chi connectivity index (χ4v) is 4.54. The molecule has 26 heavy (non-hydrogen) atoms. The number of benzene rings is 2. The number of halogens is 2. The quantitative estimate of drug-likeness (QED) is 0.827. The molecular weight excluding hydrogens is 351 g/mol. The lowest BCUT2D eigenvalue weighted by molar-refractivity contribution is 0.164. The zero-order chi connectivity index (χ0) is 18.1. The molecule has 5 heteroatoms. The van der Waals surface area contributed by atoms with Gasteiger partial charge in [-0.15, -0.1) is 0 Å². The van der Waals surface area contributed by atoms with Crippen LogP contribution in [0.4, 0.5) is 4.39 Å². The maximum absolute atomic E-state index is 14.4. The number of nitrogens with two attached hydrogens (primary N) is 1. The number of nitrogens with one attached hydrogen (secondary N) is 1. The van der Waals surface area contributed by atoms with Gasteiger partial charge in [0, 0.05) is 23.0 Å². The van der Waals surface area contributed by atoms with Gasteiger partial charge in [-0.3, -0.25) is 0 Å². The summed E-state index contributed by atoms with van der Waals surface area (Å²) >= 11 is 6.09. The van der Waals surface area contributed by atoms with Crippen LogP contribution in [0.25, 0.3) is 0 Å². The average Bonchev–Trinajstić information content (AvgIpc) is 2.61. The molecule has 2 aromatic carbocycles. The van der Waals surface area contributed by atoms with Crippen molar-refractivity contribution in [3.8, 4) is 5.75 Å². The standard InChI is InChI=1S/C21H24ClFN2O/c22-16-4-2-15(3-5-16)21(7-1-8-21)20-17-13-19(26-11-9-24)18(23)12-14(17)6-10-25-20/h2-5,12-13,20,25H,1,6-11,24H2. The van der Waals surface area contributed by atoms with Gasteiger partial charge in [0.1, 0.15) is 6.61 Å². The summed E-state index contributed by atoms with van der Waals surface area (Å²) in [7, 11) is 0. The third-order valence-electron chi connectivity index (χ3n) is 5.84. The van der Waals surface area contributed by atoms with Crippen molar-refractivity contribution < 1.29 is 9.13 Å². The van der Waals surface area contributed by atoms with E-state index in [1.165, 1.54) is 12.0 Å². The van der Waals surface area contributed by atoms with Gasteiger partial charge in [-0.25, -0.2) is 4.39 Å². The van der Waals surface area contributed by atoms with Gasteiger partial charge in [-0.2, -0.15) is 0 Å². The first-order valence-corrected chi connectivity index (χ1v) is 9.66. The molecule has 1 atom stereocenters. The molecule has 1 aliphatic heterocycles. The van der Waals surface area contributed by atoms with Crippen LogP contribution in [0.15, 0.2) is 36.4 Å². The molecular formula is C21H24ClFN2O. The average molecular weight is 375 g/mol. The Hall–Kier alpha value is -1.62. The van der Waals surface area contributed by atoms with Crippen LogP contribution >= 0.6 is 11.6 Å². The van der Waals surface area contributed by atoms with Crippen molar-refractivity contribution in [3.05, 3.63) is 63.9 Å². The Labute approximate surface area is 158 Å². The maximum atomic E-state index is 14.4. The number of fused-ring (bicyclic) bond motifs is 1. The fourth-order valence-electron chi connectivity index (χ4n) is 4.41. The molecule has 4 rings (SSSR count). The fraction of sp³-hybridized carbons (Fsp3) is 0.429. The molecule has 0 aromatic heterocycles. The predicted octanol–water partition coefficient (Wildman–Crippen LogP) is 4.13. The third kappa shape index (κ3) is 3.00. The van der Waals surface area contributed by atoms with E-state index in [2.05, 4.69) is 17.4 Å². The van der Waals surface area contributed by atoms with Crippen molar-refractivity contribution >= 4 is 11.6 Å². The summed E-state index contributed by atoms with van der Waals surface area (Å²) in [6.07, 6.45) is 4.26. The van der Waals surface area contributed by atoms with Crippen molar-refractivity contribution in [1.82, 2.24) is 5.32 Å². The summed E-state index contributed by atoms with van der Waals surface area (Å²) < 4.78 is 19.9. The van der Waals surface area contributed by atoms with Crippen LogP contribution in [-0.4, -0.2) is 19.7 Å². The Morgan fingerprint density at radius 3 is 2.65 bits per heavy atom. The highest BCUT2D eigenvalue weighted by molar-refractivity contribution is 6.30. The van der Waals surface area contributed by atoms with E-state index in [4.69, 9.17) is 22.1 Å². The van der Waals surface area contributed by atoms with Gasteiger partial charge in [0.2, 0.25) is 0 Å². The van der Waals surface area contributed by atoms with Crippen molar-refractivity contribution in [2.75, 3.05) is 19.7 Å². The predicted molar refractivity (Wildman–Crippen MR) is 102 cm³/mol. The van der Waals surface area contributed by atoms with Gasteiger partial charge in [0.05, 0.1) is 0 Å². The second-order valence-electron chi connectivity index (χ2n) is 7.27. The minimum atomic E-state index is -0.299. The number of hydrogen-bond donors (Lipinski definition) is 2. The highest BCUT2D eigenvalue weighted by atomic mass is 35.5. The van der Waals surface area contributed by atoms with E-state index in [0.717, 1.165) is 42.0 Å². The molecule has 3 nitrogen and oxygen atoms in total. The Morgan fingerprint density at radius 1 is 1.23 bits per heavy atom. The summed E-state index contributed by atoms with van der Waals surface area (Å²) in [6, 6.07) is 11.9. The second kappa shape index (κ2) is 7.18. The molecule has 2 aliphatic rings. The first-order valence-electron chi connectivity index (χ1n) is 9.29. The molecule has 0 saturated heterocycles. The van der Waals surface area contributed by atoms with Crippen LogP contribution < -0.4 is 15.8 Å². The smallest absolute Gasteiger partial charge is 0.165 e. The van der Waals surface area contributed by atoms with Crippen LogP contribution in [0.3, 0.4) is 0 Å². The topological polar surface area (TPSA) is 47.3 Å². The van der Waals surface area contributed by atoms with Crippen LogP contribution in [0.2, 0.25) is 5.02 Å². The van der Waals surface area contributed by atoms with Crippen molar-refractivity contribution in [1.29, 1.82) is 0 Å². The summed E-state index contributed by atoms with van der Waals surface area (Å²) in [6.45, 7) is 1.54. The molecule has 1 fully saturated rings. The molecule has 2 aromatic rings. The normalized spacial score (nSPS) is 21.0. The molecule has 1 unspecified atom stereocenters. The van der Waals surface area contributed by atoms with E-state index >= 15 is 0 Å². The molecule has 0 radical (unpaired) electrons. The number of ether oxygens (including phenoxy) is 1. The summed E-state index contributed by atoms with van der Waals surface area (Å²) in [4.78, 5) is 0. The molecule has 138 valence electrons. The highest BCUT2D eigenvalue weighted by Gasteiger charge is 2.47. The highest BCUT2D eigenvalue weighted by Crippen LogP contribution is 2.54. The summed E-state index contributed by atoms with van der Waals surface area (Å²) in [5, 5.41) is 4.45. The molecule has 1 heterocycles. The Kier molecular flexibility index (Phi) is 4.91. The zero-order valence-corrected chi connectivity index (χ0v) is 15.5. The van der Waals surface area contributed by atoms with Gasteiger partial charge >= 0.3 is 0 Å². The van der Waals surface area contributed by atoms with Gasteiger partial charge in [-0.1, -0.05) is 30.2 Å². The number of hydrogen-bond acceptors (Lipinski definition) is 3. The lowest BCUT2D eigenvalue weighted by Crippen LogP contribution is -2.49. The molecule has 3 N–H and O–H groups in total. The second-order valence-corrected chi connectivity index (χ2v) is 7.71. The Bertz CT molecular complexity index is 789. The Balaban J connectivity index is 1.75. The van der Waals surface area contributed by atoms with E-state index in [0.29, 0.717) is 18.9 Å². The first kappa shape index (κ1) is 17.8. The lowest BCUT2D eigenvalue weighted by Gasteiger charge is -2.50. The van der Waals surface area contributed by atoms with Crippen molar-refractivity contribution in [2.45, 2.75) is 37.1 Å². The van der Waals surface area contributed by atoms with E-state index in [1.54, 1.807) is 6.07 Å². The largest absolute Gasteiger partial charge is 0.489 e. The van der Waals surface area contributed by atoms with Crippen molar-refractivity contribution in [2.24, 2.45) is 5.73 Å². The van der Waals surface area contributed by atoms with Crippen LogP contribution in [0.5, 0.6) is 5.75 Å². The summed E-state index contributed by atoms with van der Waals surface area (Å²) in [5.41, 5.74) is 9.07. The molecule has 0 amide bonds. The number of rotatable bonds is 5. The molecule has 1 saturated carbocycles. The Morgan fingerprint density at radius 2 is 2.00 bits per heavy atom. The van der Waals surface area contributed by atoms with Gasteiger partial charge in [0.25, 0.3) is 0 Å². The van der Waals surface area contributed by atoms with E-state index < -0.39 is 0 Å². The third-order valence-corrected chi connectivity index (χ3v) is 6.09. The van der Waals surface area contributed by atoms with E-state index in [9.17, 15) is 4.39 Å². The molecule has 0 bridgehead atoms. The SMILES string of the molecule is NCCOc1cc2c(cc1F)CCNC2C1(c2ccc(Cl)cc2)CCC1.